The molecule has 1 aromatic heterocycles. The van der Waals surface area contributed by atoms with Gasteiger partial charge in [-0.1, -0.05) is 29.8 Å². The largest absolute Gasteiger partial charge is 0.337 e. The zero-order chi connectivity index (χ0) is 13.9. The highest BCUT2D eigenvalue weighted by Crippen LogP contribution is 2.22. The van der Waals surface area contributed by atoms with Crippen molar-refractivity contribution in [3.63, 3.8) is 0 Å². The Labute approximate surface area is 120 Å². The average molecular weight is 270 g/mol. The first-order valence-corrected chi connectivity index (χ1v) is 7.21. The molecule has 0 saturated carbocycles. The highest BCUT2D eigenvalue weighted by molar-refractivity contribution is 5.21. The van der Waals surface area contributed by atoms with Crippen molar-refractivity contribution in [2.24, 2.45) is 7.05 Å². The SMILES string of the molecule is Cc1ccc(CN2CCNCC2c2nccn2C)cc1. The van der Waals surface area contributed by atoms with Gasteiger partial charge in [0.05, 0.1) is 6.04 Å². The normalized spacial score (nSPS) is 20.2. The molecule has 1 aromatic carbocycles. The lowest BCUT2D eigenvalue weighted by molar-refractivity contribution is 0.145. The van der Waals surface area contributed by atoms with E-state index < -0.39 is 0 Å². The molecule has 0 aliphatic carbocycles. The molecule has 106 valence electrons. The Morgan fingerprint density at radius 3 is 2.80 bits per heavy atom. The molecule has 1 aliphatic rings. The second kappa shape index (κ2) is 5.77. The fourth-order valence-corrected chi connectivity index (χ4v) is 2.82. The first-order valence-electron chi connectivity index (χ1n) is 7.21. The van der Waals surface area contributed by atoms with Gasteiger partial charge in [-0.15, -0.1) is 0 Å². The molecule has 0 spiro atoms. The Morgan fingerprint density at radius 1 is 1.30 bits per heavy atom. The van der Waals surface area contributed by atoms with Gasteiger partial charge in [0.2, 0.25) is 0 Å². The number of nitrogens with zero attached hydrogens (tertiary/aromatic N) is 3. The summed E-state index contributed by atoms with van der Waals surface area (Å²) in [6.45, 7) is 6.19. The molecule has 4 heteroatoms. The van der Waals surface area contributed by atoms with E-state index in [4.69, 9.17) is 0 Å². The van der Waals surface area contributed by atoms with E-state index in [0.29, 0.717) is 6.04 Å². The van der Waals surface area contributed by atoms with Crippen LogP contribution in [0.1, 0.15) is 23.0 Å². The van der Waals surface area contributed by atoms with Crippen molar-refractivity contribution in [1.82, 2.24) is 19.8 Å². The number of aromatic nitrogens is 2. The van der Waals surface area contributed by atoms with Crippen LogP contribution in [-0.2, 0) is 13.6 Å². The maximum atomic E-state index is 4.53. The molecule has 1 saturated heterocycles. The molecule has 0 amide bonds. The fourth-order valence-electron chi connectivity index (χ4n) is 2.82. The van der Waals surface area contributed by atoms with Gasteiger partial charge in [0.1, 0.15) is 5.82 Å². The molecule has 0 radical (unpaired) electrons. The summed E-state index contributed by atoms with van der Waals surface area (Å²) in [5.41, 5.74) is 2.69. The average Bonchev–Trinajstić information content (AvgIpc) is 2.88. The number of aryl methyl sites for hydroxylation is 2. The molecule has 2 heterocycles. The quantitative estimate of drug-likeness (QED) is 0.924. The van der Waals surface area contributed by atoms with Gasteiger partial charge in [-0.3, -0.25) is 4.90 Å². The molecule has 0 bridgehead atoms. The van der Waals surface area contributed by atoms with E-state index in [-0.39, 0.29) is 0 Å². The Hall–Kier alpha value is -1.65. The number of piperazine rings is 1. The summed E-state index contributed by atoms with van der Waals surface area (Å²) in [4.78, 5) is 7.04. The Morgan fingerprint density at radius 2 is 2.10 bits per heavy atom. The maximum absolute atomic E-state index is 4.53. The summed E-state index contributed by atoms with van der Waals surface area (Å²) in [5.74, 6) is 1.14. The van der Waals surface area contributed by atoms with Crippen molar-refractivity contribution >= 4 is 0 Å². The lowest BCUT2D eigenvalue weighted by Crippen LogP contribution is -2.46. The topological polar surface area (TPSA) is 33.1 Å². The molecule has 2 aromatic rings. The minimum absolute atomic E-state index is 0.352. The van der Waals surface area contributed by atoms with Gasteiger partial charge in [-0.05, 0) is 12.5 Å². The maximum Gasteiger partial charge on any atom is 0.127 e. The van der Waals surface area contributed by atoms with Crippen LogP contribution in [0.2, 0.25) is 0 Å². The highest BCUT2D eigenvalue weighted by atomic mass is 15.3. The molecule has 1 fully saturated rings. The molecule has 4 nitrogen and oxygen atoms in total. The van der Waals surface area contributed by atoms with E-state index in [1.165, 1.54) is 11.1 Å². The van der Waals surface area contributed by atoms with Crippen LogP contribution in [-0.4, -0.2) is 34.1 Å². The van der Waals surface area contributed by atoms with E-state index in [1.54, 1.807) is 0 Å². The highest BCUT2D eigenvalue weighted by Gasteiger charge is 2.26. The number of imidazole rings is 1. The Kier molecular flexibility index (Phi) is 3.85. The molecule has 1 aliphatic heterocycles. The van der Waals surface area contributed by atoms with Crippen molar-refractivity contribution in [3.05, 3.63) is 53.6 Å². The van der Waals surface area contributed by atoms with Gasteiger partial charge < -0.3 is 9.88 Å². The monoisotopic (exact) mass is 270 g/mol. The molecule has 1 N–H and O–H groups in total. The van der Waals surface area contributed by atoms with Crippen molar-refractivity contribution in [2.45, 2.75) is 19.5 Å². The van der Waals surface area contributed by atoms with Crippen LogP contribution in [0.4, 0.5) is 0 Å². The first-order chi connectivity index (χ1) is 9.74. The van der Waals surface area contributed by atoms with E-state index >= 15 is 0 Å². The lowest BCUT2D eigenvalue weighted by Gasteiger charge is -2.35. The minimum atomic E-state index is 0.352. The number of hydrogen-bond donors (Lipinski definition) is 1. The van der Waals surface area contributed by atoms with Crippen molar-refractivity contribution in [1.29, 1.82) is 0 Å². The minimum Gasteiger partial charge on any atom is -0.337 e. The fraction of sp³-hybridized carbons (Fsp3) is 0.438. The van der Waals surface area contributed by atoms with Crippen LogP contribution < -0.4 is 5.32 Å². The van der Waals surface area contributed by atoms with Gasteiger partial charge in [0.15, 0.2) is 0 Å². The Balaban J connectivity index is 1.79. The molecular formula is C16H22N4. The second-order valence-electron chi connectivity index (χ2n) is 5.57. The van der Waals surface area contributed by atoms with Crippen molar-refractivity contribution < 1.29 is 0 Å². The molecule has 3 rings (SSSR count). The van der Waals surface area contributed by atoms with Gasteiger partial charge in [-0.25, -0.2) is 4.98 Å². The zero-order valence-corrected chi connectivity index (χ0v) is 12.2. The van der Waals surface area contributed by atoms with Crippen LogP contribution >= 0.6 is 0 Å². The smallest absolute Gasteiger partial charge is 0.127 e. The number of nitrogens with one attached hydrogen (secondary N) is 1. The Bertz CT molecular complexity index is 558. The van der Waals surface area contributed by atoms with Gasteiger partial charge in [-0.2, -0.15) is 0 Å². The van der Waals surface area contributed by atoms with Crippen LogP contribution in [0.25, 0.3) is 0 Å². The number of benzene rings is 1. The van der Waals surface area contributed by atoms with E-state index in [1.807, 2.05) is 12.4 Å². The number of hydrogen-bond acceptors (Lipinski definition) is 3. The van der Waals surface area contributed by atoms with Crippen molar-refractivity contribution in [2.75, 3.05) is 19.6 Å². The van der Waals surface area contributed by atoms with Crippen molar-refractivity contribution in [3.8, 4) is 0 Å². The predicted octanol–water partition coefficient (Wildman–Crippen LogP) is 1.88. The molecular weight excluding hydrogens is 248 g/mol. The third-order valence-corrected chi connectivity index (χ3v) is 4.02. The van der Waals surface area contributed by atoms with E-state index in [2.05, 4.69) is 58.0 Å². The molecule has 20 heavy (non-hydrogen) atoms. The standard InChI is InChI=1S/C16H22N4/c1-13-3-5-14(6-4-13)12-20-10-7-17-11-15(20)16-18-8-9-19(16)2/h3-6,8-9,15,17H,7,10-12H2,1-2H3. The van der Waals surface area contributed by atoms with Gasteiger partial charge >= 0.3 is 0 Å². The van der Waals surface area contributed by atoms with E-state index in [9.17, 15) is 0 Å². The van der Waals surface area contributed by atoms with Crippen LogP contribution in [0.15, 0.2) is 36.7 Å². The molecule has 1 unspecified atom stereocenters. The summed E-state index contributed by atoms with van der Waals surface area (Å²) >= 11 is 0. The van der Waals surface area contributed by atoms with Crippen LogP contribution in [0.3, 0.4) is 0 Å². The second-order valence-corrected chi connectivity index (χ2v) is 5.57. The lowest BCUT2D eigenvalue weighted by atomic mass is 10.1. The third-order valence-electron chi connectivity index (χ3n) is 4.02. The summed E-state index contributed by atoms with van der Waals surface area (Å²) in [5, 5.41) is 3.48. The van der Waals surface area contributed by atoms with Crippen LogP contribution in [0, 0.1) is 6.92 Å². The zero-order valence-electron chi connectivity index (χ0n) is 12.2. The summed E-state index contributed by atoms with van der Waals surface area (Å²) in [7, 11) is 2.07. The number of rotatable bonds is 3. The predicted molar refractivity (Wildman–Crippen MR) is 80.4 cm³/mol. The first kappa shape index (κ1) is 13.3. The van der Waals surface area contributed by atoms with E-state index in [0.717, 1.165) is 32.0 Å². The summed E-state index contributed by atoms with van der Waals surface area (Å²) in [6, 6.07) is 9.19. The van der Waals surface area contributed by atoms with Crippen LogP contribution in [0.5, 0.6) is 0 Å². The van der Waals surface area contributed by atoms with Gasteiger partial charge in [0.25, 0.3) is 0 Å². The molecule has 1 atom stereocenters. The summed E-state index contributed by atoms with van der Waals surface area (Å²) < 4.78 is 2.12. The summed E-state index contributed by atoms with van der Waals surface area (Å²) in [6.07, 6.45) is 3.90. The van der Waals surface area contributed by atoms with Gasteiger partial charge in [0, 0.05) is 45.6 Å². The third kappa shape index (κ3) is 2.76.